The Balaban J connectivity index is 1.78. The molecule has 0 aromatic heterocycles. The van der Waals surface area contributed by atoms with Gasteiger partial charge in [0, 0.05) is 18.1 Å². The molecule has 2 nitrogen and oxygen atoms in total. The molecular weight excluding hydrogens is 232 g/mol. The van der Waals surface area contributed by atoms with Gasteiger partial charge in [-0.25, -0.2) is 0 Å². The Morgan fingerprint density at radius 3 is 2.26 bits per heavy atom. The smallest absolute Gasteiger partial charge is 0.0100 e. The summed E-state index contributed by atoms with van der Waals surface area (Å²) in [5.41, 5.74) is 0.265. The second kappa shape index (κ2) is 6.13. The molecular formula is C17H34N2. The molecule has 1 saturated heterocycles. The predicted octanol–water partition coefficient (Wildman–Crippen LogP) is 3.52. The summed E-state index contributed by atoms with van der Waals surface area (Å²) in [6.45, 7) is 15.5. The van der Waals surface area contributed by atoms with Crippen LogP contribution in [0.5, 0.6) is 0 Å². The molecule has 19 heavy (non-hydrogen) atoms. The number of nitrogens with zero attached hydrogens (tertiary/aromatic N) is 1. The van der Waals surface area contributed by atoms with Crippen molar-refractivity contribution in [2.24, 2.45) is 17.8 Å². The van der Waals surface area contributed by atoms with Crippen molar-refractivity contribution in [3.05, 3.63) is 0 Å². The van der Waals surface area contributed by atoms with E-state index < -0.39 is 0 Å². The molecule has 0 bridgehead atoms. The van der Waals surface area contributed by atoms with Crippen LogP contribution in [-0.2, 0) is 0 Å². The van der Waals surface area contributed by atoms with E-state index in [1.807, 2.05) is 0 Å². The number of rotatable bonds is 3. The van der Waals surface area contributed by atoms with Crippen molar-refractivity contribution in [1.29, 1.82) is 0 Å². The molecule has 2 fully saturated rings. The zero-order valence-corrected chi connectivity index (χ0v) is 13.7. The fourth-order valence-electron chi connectivity index (χ4n) is 4.01. The third-order valence-corrected chi connectivity index (χ3v) is 4.91. The van der Waals surface area contributed by atoms with Crippen molar-refractivity contribution in [2.45, 2.75) is 71.9 Å². The fourth-order valence-corrected chi connectivity index (χ4v) is 4.01. The van der Waals surface area contributed by atoms with Gasteiger partial charge < -0.3 is 10.2 Å². The van der Waals surface area contributed by atoms with Crippen LogP contribution < -0.4 is 5.32 Å². The van der Waals surface area contributed by atoms with E-state index in [0.717, 1.165) is 23.8 Å². The van der Waals surface area contributed by atoms with Gasteiger partial charge in [-0.05, 0) is 77.3 Å². The lowest BCUT2D eigenvalue weighted by Crippen LogP contribution is -2.42. The average molecular weight is 266 g/mol. The first-order valence-electron chi connectivity index (χ1n) is 8.32. The highest BCUT2D eigenvalue weighted by atomic mass is 15.2. The highest BCUT2D eigenvalue weighted by Crippen LogP contribution is 2.33. The van der Waals surface area contributed by atoms with Gasteiger partial charge in [-0.15, -0.1) is 0 Å². The van der Waals surface area contributed by atoms with Gasteiger partial charge in [0.05, 0.1) is 0 Å². The molecule has 1 heterocycles. The van der Waals surface area contributed by atoms with Crippen LogP contribution in [0.4, 0.5) is 0 Å². The maximum Gasteiger partial charge on any atom is 0.0100 e. The molecule has 1 N–H and O–H groups in total. The SMILES string of the molecule is CC1CC(C)CC(N2CCC(CNC(C)(C)C)C2)C1. The monoisotopic (exact) mass is 266 g/mol. The molecule has 0 aromatic rings. The standard InChI is InChI=1S/C17H34N2/c1-13-8-14(2)10-16(9-13)19-7-6-15(12-19)11-18-17(3,4)5/h13-16,18H,6-12H2,1-5H3. The number of hydrogen-bond acceptors (Lipinski definition) is 2. The fraction of sp³-hybridized carbons (Fsp3) is 1.00. The highest BCUT2D eigenvalue weighted by Gasteiger charge is 2.33. The van der Waals surface area contributed by atoms with E-state index in [1.165, 1.54) is 45.3 Å². The van der Waals surface area contributed by atoms with Crippen molar-refractivity contribution in [3.8, 4) is 0 Å². The van der Waals surface area contributed by atoms with E-state index in [-0.39, 0.29) is 5.54 Å². The molecule has 112 valence electrons. The maximum atomic E-state index is 3.68. The summed E-state index contributed by atoms with van der Waals surface area (Å²) in [6, 6.07) is 0.874. The van der Waals surface area contributed by atoms with Crippen LogP contribution in [-0.4, -0.2) is 36.1 Å². The Bertz CT molecular complexity index is 271. The van der Waals surface area contributed by atoms with E-state index >= 15 is 0 Å². The summed E-state index contributed by atoms with van der Waals surface area (Å²) >= 11 is 0. The summed E-state index contributed by atoms with van der Waals surface area (Å²) in [5, 5.41) is 3.68. The first kappa shape index (κ1) is 15.3. The normalized spacial score (nSPS) is 37.7. The summed E-state index contributed by atoms with van der Waals surface area (Å²) in [7, 11) is 0. The molecule has 1 aliphatic carbocycles. The van der Waals surface area contributed by atoms with Gasteiger partial charge >= 0.3 is 0 Å². The van der Waals surface area contributed by atoms with Crippen LogP contribution in [0.3, 0.4) is 0 Å². The van der Waals surface area contributed by atoms with Gasteiger partial charge in [0.25, 0.3) is 0 Å². The van der Waals surface area contributed by atoms with E-state index in [0.29, 0.717) is 0 Å². The van der Waals surface area contributed by atoms with Gasteiger partial charge in [0.2, 0.25) is 0 Å². The predicted molar refractivity (Wildman–Crippen MR) is 83.4 cm³/mol. The van der Waals surface area contributed by atoms with Gasteiger partial charge in [-0.3, -0.25) is 0 Å². The molecule has 2 aliphatic rings. The summed E-state index contributed by atoms with van der Waals surface area (Å²) in [6.07, 6.45) is 5.70. The van der Waals surface area contributed by atoms with Crippen LogP contribution in [0.1, 0.15) is 60.3 Å². The Morgan fingerprint density at radius 1 is 1.05 bits per heavy atom. The molecule has 2 rings (SSSR count). The second-order valence-corrected chi connectivity index (χ2v) is 8.35. The minimum Gasteiger partial charge on any atom is -0.312 e. The molecule has 1 saturated carbocycles. The minimum absolute atomic E-state index is 0.265. The Kier molecular flexibility index (Phi) is 4.94. The number of nitrogens with one attached hydrogen (secondary N) is 1. The van der Waals surface area contributed by atoms with Crippen LogP contribution in [0.15, 0.2) is 0 Å². The van der Waals surface area contributed by atoms with E-state index in [9.17, 15) is 0 Å². The largest absolute Gasteiger partial charge is 0.312 e. The quantitative estimate of drug-likeness (QED) is 0.841. The molecule has 2 heteroatoms. The first-order valence-corrected chi connectivity index (χ1v) is 8.32. The number of hydrogen-bond donors (Lipinski definition) is 1. The molecule has 0 radical (unpaired) electrons. The van der Waals surface area contributed by atoms with Crippen molar-refractivity contribution >= 4 is 0 Å². The van der Waals surface area contributed by atoms with E-state index in [2.05, 4.69) is 44.8 Å². The van der Waals surface area contributed by atoms with Crippen LogP contribution in [0.25, 0.3) is 0 Å². The Morgan fingerprint density at radius 2 is 1.68 bits per heavy atom. The summed E-state index contributed by atoms with van der Waals surface area (Å²) in [5.74, 6) is 2.73. The lowest BCUT2D eigenvalue weighted by molar-refractivity contribution is 0.128. The minimum atomic E-state index is 0.265. The van der Waals surface area contributed by atoms with Gasteiger partial charge in [0.1, 0.15) is 0 Å². The van der Waals surface area contributed by atoms with Crippen LogP contribution >= 0.6 is 0 Å². The van der Waals surface area contributed by atoms with Crippen molar-refractivity contribution in [1.82, 2.24) is 10.2 Å². The molecule has 1 aliphatic heterocycles. The maximum absolute atomic E-state index is 3.68. The molecule has 3 atom stereocenters. The first-order chi connectivity index (χ1) is 8.83. The van der Waals surface area contributed by atoms with Gasteiger partial charge in [-0.1, -0.05) is 13.8 Å². The van der Waals surface area contributed by atoms with Crippen molar-refractivity contribution in [3.63, 3.8) is 0 Å². The number of likely N-dealkylation sites (tertiary alicyclic amines) is 1. The second-order valence-electron chi connectivity index (χ2n) is 8.35. The molecule has 0 aromatic carbocycles. The van der Waals surface area contributed by atoms with Gasteiger partial charge in [-0.2, -0.15) is 0 Å². The molecule has 0 amide bonds. The third-order valence-electron chi connectivity index (χ3n) is 4.91. The Labute approximate surface area is 120 Å². The van der Waals surface area contributed by atoms with Crippen LogP contribution in [0.2, 0.25) is 0 Å². The average Bonchev–Trinajstić information content (AvgIpc) is 2.72. The molecule has 3 unspecified atom stereocenters. The summed E-state index contributed by atoms with van der Waals surface area (Å²) in [4.78, 5) is 2.79. The van der Waals surface area contributed by atoms with E-state index in [1.54, 1.807) is 0 Å². The topological polar surface area (TPSA) is 15.3 Å². The van der Waals surface area contributed by atoms with E-state index in [4.69, 9.17) is 0 Å². The summed E-state index contributed by atoms with van der Waals surface area (Å²) < 4.78 is 0. The lowest BCUT2D eigenvalue weighted by Gasteiger charge is -2.37. The van der Waals surface area contributed by atoms with Crippen molar-refractivity contribution < 1.29 is 0 Å². The Hall–Kier alpha value is -0.0800. The third kappa shape index (κ3) is 4.75. The van der Waals surface area contributed by atoms with Crippen LogP contribution in [0, 0.1) is 17.8 Å². The molecule has 0 spiro atoms. The highest BCUT2D eigenvalue weighted by molar-refractivity contribution is 4.88. The zero-order chi connectivity index (χ0) is 14.0. The zero-order valence-electron chi connectivity index (χ0n) is 13.7. The van der Waals surface area contributed by atoms with Crippen molar-refractivity contribution in [2.75, 3.05) is 19.6 Å². The lowest BCUT2D eigenvalue weighted by atomic mass is 9.80. The van der Waals surface area contributed by atoms with Gasteiger partial charge in [0.15, 0.2) is 0 Å².